The highest BCUT2D eigenvalue weighted by Gasteiger charge is 2.26. The highest BCUT2D eigenvalue weighted by molar-refractivity contribution is 5.96. The van der Waals surface area contributed by atoms with Gasteiger partial charge in [0, 0.05) is 12.6 Å². The number of hydrogen-bond acceptors (Lipinski definition) is 5. The van der Waals surface area contributed by atoms with Crippen LogP contribution < -0.4 is 16.0 Å². The lowest BCUT2D eigenvalue weighted by molar-refractivity contribution is -0.122. The number of amides is 2. The maximum atomic E-state index is 12.0. The van der Waals surface area contributed by atoms with Gasteiger partial charge in [0.05, 0.1) is 0 Å². The molecule has 1 fully saturated rings. The Hall–Kier alpha value is -2.18. The molecule has 1 aliphatic rings. The van der Waals surface area contributed by atoms with Gasteiger partial charge in [-0.05, 0) is 38.3 Å². The Morgan fingerprint density at radius 2 is 2.10 bits per heavy atom. The number of carbonyl (C=O) groups excluding carboxylic acids is 2. The molecule has 21 heavy (non-hydrogen) atoms. The molecule has 1 atom stereocenters. The second-order valence-electron chi connectivity index (χ2n) is 5.21. The molecule has 1 unspecified atom stereocenters. The zero-order chi connectivity index (χ0) is 15.2. The molecule has 1 aromatic heterocycles. The van der Waals surface area contributed by atoms with E-state index in [9.17, 15) is 9.59 Å². The van der Waals surface area contributed by atoms with Crippen molar-refractivity contribution in [2.75, 3.05) is 11.9 Å². The molecule has 114 valence electrons. The van der Waals surface area contributed by atoms with Gasteiger partial charge in [0.15, 0.2) is 5.69 Å². The van der Waals surface area contributed by atoms with Crippen LogP contribution in [0.15, 0.2) is 12.1 Å². The van der Waals surface area contributed by atoms with E-state index in [-0.39, 0.29) is 17.6 Å². The lowest BCUT2D eigenvalue weighted by atomic mass is 10.2. The Bertz CT molecular complexity index is 499. The average Bonchev–Trinajstić information content (AvgIpc) is 3.29. The lowest BCUT2D eigenvalue weighted by Crippen LogP contribution is -2.45. The number of hydrogen-bond donors (Lipinski definition) is 3. The van der Waals surface area contributed by atoms with Crippen molar-refractivity contribution in [3.05, 3.63) is 17.8 Å². The second-order valence-corrected chi connectivity index (χ2v) is 5.21. The molecule has 7 heteroatoms. The van der Waals surface area contributed by atoms with E-state index in [0.717, 1.165) is 25.8 Å². The topological polar surface area (TPSA) is 96.0 Å². The van der Waals surface area contributed by atoms with Crippen LogP contribution in [0.2, 0.25) is 0 Å². The summed E-state index contributed by atoms with van der Waals surface area (Å²) in [7, 11) is 0. The third-order valence-corrected chi connectivity index (χ3v) is 3.12. The van der Waals surface area contributed by atoms with E-state index >= 15 is 0 Å². The van der Waals surface area contributed by atoms with E-state index in [1.54, 1.807) is 19.1 Å². The van der Waals surface area contributed by atoms with Gasteiger partial charge in [-0.3, -0.25) is 9.59 Å². The minimum Gasteiger partial charge on any atom is -0.369 e. The molecular weight excluding hydrogens is 270 g/mol. The Kier molecular flexibility index (Phi) is 5.08. The van der Waals surface area contributed by atoms with Crippen LogP contribution in [0, 0.1) is 0 Å². The predicted octanol–water partition coefficient (Wildman–Crippen LogP) is 0.695. The monoisotopic (exact) mass is 291 g/mol. The van der Waals surface area contributed by atoms with Gasteiger partial charge in [0.1, 0.15) is 11.9 Å². The normalized spacial score (nSPS) is 15.1. The van der Waals surface area contributed by atoms with Crippen molar-refractivity contribution in [1.29, 1.82) is 0 Å². The van der Waals surface area contributed by atoms with E-state index in [4.69, 9.17) is 0 Å². The molecule has 2 amide bonds. The quantitative estimate of drug-likeness (QED) is 0.687. The van der Waals surface area contributed by atoms with Crippen LogP contribution >= 0.6 is 0 Å². The molecule has 1 aromatic rings. The Morgan fingerprint density at radius 1 is 1.33 bits per heavy atom. The van der Waals surface area contributed by atoms with Gasteiger partial charge in [0.2, 0.25) is 5.91 Å². The van der Waals surface area contributed by atoms with Crippen molar-refractivity contribution in [1.82, 2.24) is 20.8 Å². The Labute approximate surface area is 123 Å². The highest BCUT2D eigenvalue weighted by Crippen LogP contribution is 2.18. The number of aromatic nitrogens is 2. The molecule has 0 aromatic carbocycles. The molecule has 1 aliphatic carbocycles. The summed E-state index contributed by atoms with van der Waals surface area (Å²) < 4.78 is 0. The molecular formula is C14H21N5O2. The minimum atomic E-state index is -0.585. The van der Waals surface area contributed by atoms with Crippen LogP contribution in [0.25, 0.3) is 0 Å². The number of anilines is 1. The van der Waals surface area contributed by atoms with Crippen molar-refractivity contribution in [3.63, 3.8) is 0 Å². The summed E-state index contributed by atoms with van der Waals surface area (Å²) in [6.45, 7) is 4.51. The van der Waals surface area contributed by atoms with Crippen LogP contribution in [0.5, 0.6) is 0 Å². The van der Waals surface area contributed by atoms with E-state index in [1.165, 1.54) is 0 Å². The first-order valence-corrected chi connectivity index (χ1v) is 7.29. The maximum Gasteiger partial charge on any atom is 0.272 e. The molecule has 0 saturated heterocycles. The number of nitrogens with one attached hydrogen (secondary N) is 3. The Balaban J connectivity index is 1.85. The first-order valence-electron chi connectivity index (χ1n) is 7.29. The van der Waals surface area contributed by atoms with E-state index < -0.39 is 11.9 Å². The zero-order valence-corrected chi connectivity index (χ0v) is 12.3. The summed E-state index contributed by atoms with van der Waals surface area (Å²) in [6, 6.07) is 2.98. The molecule has 1 heterocycles. The van der Waals surface area contributed by atoms with Crippen molar-refractivity contribution in [2.45, 2.75) is 45.2 Å². The number of carbonyl (C=O) groups is 2. The van der Waals surface area contributed by atoms with Gasteiger partial charge in [-0.1, -0.05) is 6.92 Å². The third kappa shape index (κ3) is 4.70. The van der Waals surface area contributed by atoms with Crippen molar-refractivity contribution in [2.24, 2.45) is 0 Å². The molecule has 7 nitrogen and oxygen atoms in total. The van der Waals surface area contributed by atoms with E-state index in [2.05, 4.69) is 33.1 Å². The highest BCUT2D eigenvalue weighted by atomic mass is 16.2. The maximum absolute atomic E-state index is 12.0. The smallest absolute Gasteiger partial charge is 0.272 e. The lowest BCUT2D eigenvalue weighted by Gasteiger charge is -2.13. The summed E-state index contributed by atoms with van der Waals surface area (Å²) in [5.41, 5.74) is 0.197. The van der Waals surface area contributed by atoms with Gasteiger partial charge in [0.25, 0.3) is 5.91 Å². The first kappa shape index (κ1) is 15.2. The third-order valence-electron chi connectivity index (χ3n) is 3.12. The summed E-state index contributed by atoms with van der Waals surface area (Å²) in [5.74, 6) is 0.0657. The molecule has 0 spiro atoms. The van der Waals surface area contributed by atoms with Crippen LogP contribution in [0.1, 0.15) is 43.6 Å². The summed E-state index contributed by atoms with van der Waals surface area (Å²) in [6.07, 6.45) is 3.02. The van der Waals surface area contributed by atoms with Crippen molar-refractivity contribution in [3.8, 4) is 0 Å². The van der Waals surface area contributed by atoms with Crippen molar-refractivity contribution >= 4 is 17.6 Å². The fourth-order valence-electron chi connectivity index (χ4n) is 1.69. The standard InChI is InChI=1S/C14H21N5O2/c1-3-8-15-12-7-6-11(18-19-12)14(21)16-9(2)13(20)17-10-4-5-10/h6-7,9-10H,3-5,8H2,1-2H3,(H,15,19)(H,16,21)(H,17,20). The van der Waals surface area contributed by atoms with Crippen molar-refractivity contribution < 1.29 is 9.59 Å². The molecule has 0 aliphatic heterocycles. The Morgan fingerprint density at radius 3 is 2.67 bits per heavy atom. The number of rotatable bonds is 7. The van der Waals surface area contributed by atoms with E-state index in [0.29, 0.717) is 5.82 Å². The zero-order valence-electron chi connectivity index (χ0n) is 12.3. The fraction of sp³-hybridized carbons (Fsp3) is 0.571. The van der Waals surface area contributed by atoms with Crippen LogP contribution in [-0.2, 0) is 4.79 Å². The molecule has 2 rings (SSSR count). The van der Waals surface area contributed by atoms with Gasteiger partial charge in [-0.25, -0.2) is 0 Å². The molecule has 3 N–H and O–H groups in total. The van der Waals surface area contributed by atoms with Crippen LogP contribution in [0.3, 0.4) is 0 Å². The molecule has 1 saturated carbocycles. The largest absolute Gasteiger partial charge is 0.369 e. The van der Waals surface area contributed by atoms with Gasteiger partial charge in [-0.2, -0.15) is 0 Å². The van der Waals surface area contributed by atoms with Crippen LogP contribution in [-0.4, -0.2) is 40.6 Å². The molecule has 0 bridgehead atoms. The first-order chi connectivity index (χ1) is 10.1. The van der Waals surface area contributed by atoms with Gasteiger partial charge >= 0.3 is 0 Å². The van der Waals surface area contributed by atoms with E-state index in [1.807, 2.05) is 0 Å². The summed E-state index contributed by atoms with van der Waals surface area (Å²) >= 11 is 0. The van der Waals surface area contributed by atoms with Gasteiger partial charge < -0.3 is 16.0 Å². The molecule has 0 radical (unpaired) electrons. The minimum absolute atomic E-state index is 0.167. The average molecular weight is 291 g/mol. The fourth-order valence-corrected chi connectivity index (χ4v) is 1.69. The second kappa shape index (κ2) is 7.01. The summed E-state index contributed by atoms with van der Waals surface area (Å²) in [5, 5.41) is 16.3. The number of nitrogens with zero attached hydrogens (tertiary/aromatic N) is 2. The SMILES string of the molecule is CCCNc1ccc(C(=O)NC(C)C(=O)NC2CC2)nn1. The summed E-state index contributed by atoms with van der Waals surface area (Å²) in [4.78, 5) is 23.7. The van der Waals surface area contributed by atoms with Crippen LogP contribution in [0.4, 0.5) is 5.82 Å². The predicted molar refractivity (Wildman–Crippen MR) is 78.9 cm³/mol. The van der Waals surface area contributed by atoms with Gasteiger partial charge in [-0.15, -0.1) is 10.2 Å².